The average molecular weight is 438 g/mol. The molecule has 2 heterocycles. The third kappa shape index (κ3) is 4.23. The lowest BCUT2D eigenvalue weighted by Crippen LogP contribution is -2.37. The first-order valence-electron chi connectivity index (χ1n) is 9.06. The van der Waals surface area contributed by atoms with Gasteiger partial charge in [0.25, 0.3) is 5.56 Å². The van der Waals surface area contributed by atoms with Crippen molar-refractivity contribution < 1.29 is 4.79 Å². The largest absolute Gasteiger partial charge is 0.350 e. The number of aryl methyl sites for hydroxylation is 2. The highest BCUT2D eigenvalue weighted by Gasteiger charge is 2.15. The van der Waals surface area contributed by atoms with Crippen LogP contribution in [0.15, 0.2) is 34.1 Å². The lowest BCUT2D eigenvalue weighted by molar-refractivity contribution is -0.121. The molecule has 0 aliphatic carbocycles. The number of amides is 1. The van der Waals surface area contributed by atoms with Crippen LogP contribution >= 0.6 is 23.2 Å². The summed E-state index contributed by atoms with van der Waals surface area (Å²) in [7, 11) is 3.00. The molecule has 1 unspecified atom stereocenters. The van der Waals surface area contributed by atoms with Crippen LogP contribution in [0.1, 0.15) is 31.4 Å². The van der Waals surface area contributed by atoms with E-state index < -0.39 is 11.2 Å². The number of aromatic nitrogens is 4. The molecule has 0 fully saturated rings. The minimum atomic E-state index is -0.429. The smallest absolute Gasteiger partial charge is 0.332 e. The molecule has 2 aromatic heterocycles. The summed E-state index contributed by atoms with van der Waals surface area (Å²) < 4.78 is 4.05. The number of halogens is 2. The van der Waals surface area contributed by atoms with Crippen molar-refractivity contribution in [3.8, 4) is 0 Å². The van der Waals surface area contributed by atoms with Crippen LogP contribution < -0.4 is 16.6 Å². The fraction of sp³-hybridized carbons (Fsp3) is 0.368. The Morgan fingerprint density at radius 3 is 2.62 bits per heavy atom. The monoisotopic (exact) mass is 437 g/mol. The second-order valence-corrected chi connectivity index (χ2v) is 7.72. The van der Waals surface area contributed by atoms with Crippen molar-refractivity contribution in [1.29, 1.82) is 0 Å². The van der Waals surface area contributed by atoms with Crippen LogP contribution in [-0.2, 0) is 25.4 Å². The van der Waals surface area contributed by atoms with E-state index in [4.69, 9.17) is 23.2 Å². The van der Waals surface area contributed by atoms with Crippen molar-refractivity contribution in [2.45, 2.75) is 32.4 Å². The molecule has 3 rings (SSSR count). The van der Waals surface area contributed by atoms with Crippen molar-refractivity contribution in [3.05, 3.63) is 61.0 Å². The molecule has 0 saturated heterocycles. The van der Waals surface area contributed by atoms with E-state index in [0.29, 0.717) is 34.2 Å². The minimum Gasteiger partial charge on any atom is -0.350 e. The molecule has 29 heavy (non-hydrogen) atoms. The van der Waals surface area contributed by atoms with Crippen molar-refractivity contribution in [1.82, 2.24) is 24.0 Å². The van der Waals surface area contributed by atoms with Gasteiger partial charge in [-0.3, -0.25) is 18.7 Å². The van der Waals surface area contributed by atoms with Crippen LogP contribution in [0, 0.1) is 0 Å². The quantitative estimate of drug-likeness (QED) is 0.640. The van der Waals surface area contributed by atoms with E-state index in [0.717, 1.165) is 10.1 Å². The molecule has 1 aromatic carbocycles. The predicted molar refractivity (Wildman–Crippen MR) is 112 cm³/mol. The zero-order valence-electron chi connectivity index (χ0n) is 16.3. The highest BCUT2D eigenvalue weighted by molar-refractivity contribution is 6.35. The molecule has 154 valence electrons. The van der Waals surface area contributed by atoms with Gasteiger partial charge >= 0.3 is 5.69 Å². The molecular formula is C19H21Cl2N5O3. The van der Waals surface area contributed by atoms with Crippen LogP contribution in [0.4, 0.5) is 0 Å². The van der Waals surface area contributed by atoms with Crippen LogP contribution in [0.2, 0.25) is 10.0 Å². The summed E-state index contributed by atoms with van der Waals surface area (Å²) in [5.41, 5.74) is 0.623. The van der Waals surface area contributed by atoms with Crippen LogP contribution in [0.5, 0.6) is 0 Å². The number of carbonyl (C=O) groups excluding carboxylic acids is 1. The second-order valence-electron chi connectivity index (χ2n) is 6.87. The van der Waals surface area contributed by atoms with Gasteiger partial charge in [-0.05, 0) is 31.0 Å². The van der Waals surface area contributed by atoms with Crippen molar-refractivity contribution in [2.24, 2.45) is 14.1 Å². The van der Waals surface area contributed by atoms with Crippen LogP contribution in [0.3, 0.4) is 0 Å². The zero-order valence-corrected chi connectivity index (χ0v) is 17.8. The number of benzene rings is 1. The van der Waals surface area contributed by atoms with E-state index >= 15 is 0 Å². The van der Waals surface area contributed by atoms with Crippen molar-refractivity contribution in [2.75, 3.05) is 0 Å². The van der Waals surface area contributed by atoms with Gasteiger partial charge in [0.2, 0.25) is 5.91 Å². The normalized spacial score (nSPS) is 12.3. The summed E-state index contributed by atoms with van der Waals surface area (Å²) in [6, 6.07) is 4.89. The lowest BCUT2D eigenvalue weighted by atomic mass is 10.1. The Morgan fingerprint density at radius 2 is 1.93 bits per heavy atom. The number of nitrogens with one attached hydrogen (secondary N) is 1. The van der Waals surface area contributed by atoms with E-state index in [1.54, 1.807) is 29.8 Å². The van der Waals surface area contributed by atoms with Gasteiger partial charge in [0.15, 0.2) is 11.2 Å². The number of nitrogens with zero attached hydrogens (tertiary/aromatic N) is 4. The van der Waals surface area contributed by atoms with Crippen LogP contribution in [0.25, 0.3) is 11.2 Å². The van der Waals surface area contributed by atoms with Gasteiger partial charge in [0.1, 0.15) is 0 Å². The molecule has 0 saturated carbocycles. The van der Waals surface area contributed by atoms with Gasteiger partial charge in [0.05, 0.1) is 12.4 Å². The Labute approximate surface area is 176 Å². The Morgan fingerprint density at radius 1 is 1.21 bits per heavy atom. The van der Waals surface area contributed by atoms with Gasteiger partial charge in [-0.25, -0.2) is 9.78 Å². The molecule has 0 radical (unpaired) electrons. The van der Waals surface area contributed by atoms with Gasteiger partial charge in [0, 0.05) is 37.1 Å². The third-order valence-corrected chi connectivity index (χ3v) is 5.39. The highest BCUT2D eigenvalue weighted by atomic mass is 35.5. The fourth-order valence-corrected chi connectivity index (χ4v) is 3.79. The molecule has 1 N–H and O–H groups in total. The summed E-state index contributed by atoms with van der Waals surface area (Å²) >= 11 is 12.1. The third-order valence-electron chi connectivity index (χ3n) is 4.83. The topological polar surface area (TPSA) is 90.9 Å². The maximum absolute atomic E-state index is 12.4. The van der Waals surface area contributed by atoms with Gasteiger partial charge in [-0.2, -0.15) is 0 Å². The number of hydrogen-bond donors (Lipinski definition) is 1. The first-order chi connectivity index (χ1) is 13.7. The molecule has 8 nitrogen and oxygen atoms in total. The number of hydrogen-bond acceptors (Lipinski definition) is 4. The molecule has 0 aliphatic heterocycles. The summed E-state index contributed by atoms with van der Waals surface area (Å²) in [5.74, 6) is -0.131. The van der Waals surface area contributed by atoms with Crippen LogP contribution in [-0.4, -0.2) is 24.6 Å². The SMILES string of the molecule is CC(NC(=O)CCCn1cnc2c1c(=O)n(C)c(=O)n2C)c1ccc(Cl)cc1Cl. The molecule has 0 bridgehead atoms. The Bertz CT molecular complexity index is 1190. The predicted octanol–water partition coefficient (Wildman–Crippen LogP) is 2.40. The first-order valence-corrected chi connectivity index (χ1v) is 9.81. The van der Waals surface area contributed by atoms with E-state index in [-0.39, 0.29) is 18.4 Å². The molecule has 1 amide bonds. The summed E-state index contributed by atoms with van der Waals surface area (Å²) in [5, 5.41) is 3.94. The maximum atomic E-state index is 12.4. The Hall–Kier alpha value is -2.58. The molecule has 0 spiro atoms. The minimum absolute atomic E-state index is 0.131. The Kier molecular flexibility index (Phi) is 6.14. The van der Waals surface area contributed by atoms with Crippen molar-refractivity contribution >= 4 is 40.3 Å². The number of carbonyl (C=O) groups is 1. The number of fused-ring (bicyclic) bond motifs is 1. The van der Waals surface area contributed by atoms with E-state index in [1.165, 1.54) is 17.9 Å². The molecule has 3 aromatic rings. The number of imidazole rings is 1. The zero-order chi connectivity index (χ0) is 21.3. The number of rotatable bonds is 6. The second kappa shape index (κ2) is 8.42. The van der Waals surface area contributed by atoms with E-state index in [9.17, 15) is 14.4 Å². The van der Waals surface area contributed by atoms with Gasteiger partial charge in [-0.15, -0.1) is 0 Å². The summed E-state index contributed by atoms with van der Waals surface area (Å²) in [6.45, 7) is 2.27. The maximum Gasteiger partial charge on any atom is 0.332 e. The van der Waals surface area contributed by atoms with Crippen molar-refractivity contribution in [3.63, 3.8) is 0 Å². The van der Waals surface area contributed by atoms with Gasteiger partial charge in [-0.1, -0.05) is 29.3 Å². The average Bonchev–Trinajstić information content (AvgIpc) is 3.08. The highest BCUT2D eigenvalue weighted by Crippen LogP contribution is 2.26. The molecule has 0 aliphatic rings. The Balaban J connectivity index is 1.65. The molecular weight excluding hydrogens is 417 g/mol. The van der Waals surface area contributed by atoms with Gasteiger partial charge < -0.3 is 9.88 Å². The molecule has 1 atom stereocenters. The fourth-order valence-electron chi connectivity index (χ4n) is 3.22. The first kappa shape index (κ1) is 21.1. The summed E-state index contributed by atoms with van der Waals surface area (Å²) in [6.07, 6.45) is 2.28. The standard InChI is InChI=1S/C19H21Cl2N5O3/c1-11(13-7-6-12(20)9-14(13)21)23-15(27)5-4-8-26-10-22-17-16(26)18(28)25(3)19(29)24(17)2/h6-7,9-11H,4-5,8H2,1-3H3,(H,23,27). The van der Waals surface area contributed by atoms with E-state index in [1.807, 2.05) is 6.92 Å². The lowest BCUT2D eigenvalue weighted by Gasteiger charge is -2.16. The van der Waals surface area contributed by atoms with E-state index in [2.05, 4.69) is 10.3 Å². The molecule has 10 heteroatoms. The summed E-state index contributed by atoms with van der Waals surface area (Å²) in [4.78, 5) is 40.9.